The van der Waals surface area contributed by atoms with Crippen molar-refractivity contribution < 1.29 is 24.1 Å². The summed E-state index contributed by atoms with van der Waals surface area (Å²) in [6.07, 6.45) is 3.30. The average Bonchev–Trinajstić information content (AvgIpc) is 3.73. The summed E-state index contributed by atoms with van der Waals surface area (Å²) in [7, 11) is 3.37. The van der Waals surface area contributed by atoms with Crippen molar-refractivity contribution in [1.82, 2.24) is 14.1 Å². The molecule has 1 fully saturated rings. The van der Waals surface area contributed by atoms with Gasteiger partial charge in [-0.15, -0.1) is 0 Å². The van der Waals surface area contributed by atoms with Crippen molar-refractivity contribution >= 4 is 32.7 Å². The number of aromatic carboxylic acids is 1. The number of ether oxygens (including phenoxy) is 3. The lowest BCUT2D eigenvalue weighted by Crippen LogP contribution is -2.27. The van der Waals surface area contributed by atoms with Crippen LogP contribution in [0.1, 0.15) is 16.1 Å². The molecule has 10 nitrogen and oxygen atoms in total. The number of nitrogens with zero attached hydrogens (tertiary/aromatic N) is 4. The lowest BCUT2D eigenvalue weighted by Gasteiger charge is -2.22. The van der Waals surface area contributed by atoms with Gasteiger partial charge in [0.25, 0.3) is 0 Å². The summed E-state index contributed by atoms with van der Waals surface area (Å²) < 4.78 is 21.9. The Morgan fingerprint density at radius 3 is 2.61 bits per heavy atom. The van der Waals surface area contributed by atoms with Gasteiger partial charge in [-0.2, -0.15) is 0 Å². The van der Waals surface area contributed by atoms with E-state index in [1.807, 2.05) is 54.7 Å². The fourth-order valence-electron chi connectivity index (χ4n) is 5.58. The minimum absolute atomic E-state index is 0.0366. The first kappa shape index (κ1) is 25.5. The fourth-order valence-corrected chi connectivity index (χ4v) is 6.59. The number of pyridine rings is 1. The Bertz CT molecular complexity index is 1860. The van der Waals surface area contributed by atoms with Crippen molar-refractivity contribution in [3.8, 4) is 28.4 Å². The zero-order valence-electron chi connectivity index (χ0n) is 22.3. The van der Waals surface area contributed by atoms with Crippen LogP contribution in [0, 0.1) is 0 Å². The number of rotatable bonds is 6. The van der Waals surface area contributed by atoms with Gasteiger partial charge in [-0.3, -0.25) is 4.79 Å². The molecule has 5 aromatic rings. The van der Waals surface area contributed by atoms with Gasteiger partial charge in [0.2, 0.25) is 0 Å². The molecule has 0 unspecified atom stereocenters. The highest BCUT2D eigenvalue weighted by atomic mass is 32.1. The van der Waals surface area contributed by atoms with Crippen LogP contribution < -0.4 is 15.1 Å². The number of carbonyl (C=O) groups is 1. The van der Waals surface area contributed by atoms with E-state index in [4.69, 9.17) is 19.2 Å². The van der Waals surface area contributed by atoms with Crippen LogP contribution in [-0.4, -0.2) is 64.7 Å². The number of benzene rings is 2. The third-order valence-corrected chi connectivity index (χ3v) is 8.81. The molecule has 0 saturated carbocycles. The fraction of sp³-hybridized carbons (Fsp3) is 0.233. The molecule has 0 radical (unpaired) electrons. The van der Waals surface area contributed by atoms with Crippen LogP contribution in [0.25, 0.3) is 32.8 Å². The van der Waals surface area contributed by atoms with Crippen LogP contribution in [0.4, 0.5) is 5.13 Å². The van der Waals surface area contributed by atoms with Crippen LogP contribution >= 0.6 is 11.3 Å². The Morgan fingerprint density at radius 1 is 1.05 bits per heavy atom. The predicted octanol–water partition coefficient (Wildman–Crippen LogP) is 4.35. The third kappa shape index (κ3) is 4.29. The van der Waals surface area contributed by atoms with Gasteiger partial charge in [-0.1, -0.05) is 17.4 Å². The Morgan fingerprint density at radius 2 is 1.85 bits per heavy atom. The summed E-state index contributed by atoms with van der Waals surface area (Å²) in [4.78, 5) is 31.8. The van der Waals surface area contributed by atoms with Crippen molar-refractivity contribution in [3.05, 3.63) is 88.5 Å². The first-order chi connectivity index (χ1) is 19.9. The molecule has 0 aliphatic carbocycles. The second-order valence-electron chi connectivity index (χ2n) is 10.1. The van der Waals surface area contributed by atoms with E-state index in [9.17, 15) is 14.7 Å². The van der Waals surface area contributed by atoms with Crippen LogP contribution in [0.15, 0.2) is 71.8 Å². The van der Waals surface area contributed by atoms with E-state index in [0.29, 0.717) is 36.8 Å². The van der Waals surface area contributed by atoms with Gasteiger partial charge in [-0.05, 0) is 42.5 Å². The van der Waals surface area contributed by atoms with Crippen molar-refractivity contribution in [1.29, 1.82) is 0 Å². The second-order valence-corrected chi connectivity index (χ2v) is 11.1. The maximum atomic E-state index is 12.9. The SMILES string of the molecule is CO[C@@H]1CN(c2nc3ccc(-n4cc(C(=O)O)c(=O)cc4-c4ccc5c(c4)OCc4cccn4-5)cc3s2)C[C@H]1OC. The minimum atomic E-state index is -1.28. The van der Waals surface area contributed by atoms with Crippen LogP contribution in [0.2, 0.25) is 0 Å². The number of aromatic nitrogens is 3. The van der Waals surface area contributed by atoms with E-state index in [1.54, 1.807) is 30.1 Å². The van der Waals surface area contributed by atoms with Gasteiger partial charge in [0.1, 0.15) is 30.1 Å². The molecule has 0 amide bonds. The van der Waals surface area contributed by atoms with Gasteiger partial charge in [0.05, 0.1) is 27.3 Å². The molecule has 208 valence electrons. The van der Waals surface area contributed by atoms with Crippen LogP contribution in [0.5, 0.6) is 5.75 Å². The summed E-state index contributed by atoms with van der Waals surface area (Å²) in [5, 5.41) is 10.6. The lowest BCUT2D eigenvalue weighted by atomic mass is 10.1. The van der Waals surface area contributed by atoms with E-state index in [2.05, 4.69) is 9.47 Å². The molecule has 3 aromatic heterocycles. The van der Waals surface area contributed by atoms with E-state index in [-0.39, 0.29) is 17.8 Å². The smallest absolute Gasteiger partial charge is 0.341 e. The summed E-state index contributed by atoms with van der Waals surface area (Å²) in [6, 6.07) is 16.9. The normalized spacial score (nSPS) is 17.9. The van der Waals surface area contributed by atoms with Gasteiger partial charge in [-0.25, -0.2) is 9.78 Å². The Labute approximate surface area is 238 Å². The van der Waals surface area contributed by atoms with Crippen molar-refractivity contribution in [3.63, 3.8) is 0 Å². The monoisotopic (exact) mass is 570 g/mol. The van der Waals surface area contributed by atoms with Crippen molar-refractivity contribution in [2.24, 2.45) is 0 Å². The zero-order chi connectivity index (χ0) is 28.2. The topological polar surface area (TPSA) is 108 Å². The molecule has 7 rings (SSSR count). The molecule has 2 atom stereocenters. The largest absolute Gasteiger partial charge is 0.485 e. The molecule has 1 N–H and O–H groups in total. The Kier molecular flexibility index (Phi) is 6.15. The number of carboxylic acid groups (broad SMARTS) is 1. The standard InChI is InChI=1S/C30H26N4O6S/c1-38-26-14-32(15-27(26)39-2)30-31-21-7-6-18(11-28(21)41-30)34-13-20(29(36)37)24(35)12-23(34)17-5-8-22-25(10-17)40-16-19-4-3-9-33(19)22/h3-13,26-27H,14-16H2,1-2H3,(H,36,37)/t26-,27-/m1/s1. The highest BCUT2D eigenvalue weighted by molar-refractivity contribution is 7.22. The molecule has 41 heavy (non-hydrogen) atoms. The molecule has 11 heteroatoms. The molecular weight excluding hydrogens is 544 g/mol. The van der Waals surface area contributed by atoms with Crippen molar-refractivity contribution in [2.75, 3.05) is 32.2 Å². The number of thiazole rings is 1. The van der Waals surface area contributed by atoms with Crippen molar-refractivity contribution in [2.45, 2.75) is 18.8 Å². The first-order valence-corrected chi connectivity index (χ1v) is 13.9. The van der Waals surface area contributed by atoms with E-state index in [1.165, 1.54) is 12.3 Å². The number of fused-ring (bicyclic) bond motifs is 4. The van der Waals surface area contributed by atoms with Crippen LogP contribution in [-0.2, 0) is 16.1 Å². The molecule has 2 aliphatic rings. The van der Waals surface area contributed by atoms with Crippen LogP contribution in [0.3, 0.4) is 0 Å². The predicted molar refractivity (Wildman–Crippen MR) is 155 cm³/mol. The summed E-state index contributed by atoms with van der Waals surface area (Å²) in [6.45, 7) is 1.79. The van der Waals surface area contributed by atoms with E-state index in [0.717, 1.165) is 32.3 Å². The lowest BCUT2D eigenvalue weighted by molar-refractivity contribution is -0.00461. The number of hydrogen-bond donors (Lipinski definition) is 1. The maximum absolute atomic E-state index is 12.9. The highest BCUT2D eigenvalue weighted by Gasteiger charge is 2.34. The van der Waals surface area contributed by atoms with E-state index < -0.39 is 11.4 Å². The van der Waals surface area contributed by atoms with Gasteiger partial charge < -0.3 is 33.4 Å². The average molecular weight is 571 g/mol. The molecule has 0 spiro atoms. The Hall–Kier alpha value is -4.45. The van der Waals surface area contributed by atoms with Gasteiger partial charge >= 0.3 is 5.97 Å². The quantitative estimate of drug-likeness (QED) is 0.321. The maximum Gasteiger partial charge on any atom is 0.341 e. The number of carboxylic acids is 1. The van der Waals surface area contributed by atoms with Gasteiger partial charge in [0.15, 0.2) is 10.6 Å². The second kappa shape index (κ2) is 9.88. The molecule has 2 aromatic carbocycles. The first-order valence-electron chi connectivity index (χ1n) is 13.1. The van der Waals surface area contributed by atoms with Gasteiger partial charge in [0, 0.05) is 57.0 Å². The summed E-state index contributed by atoms with van der Waals surface area (Å²) in [5.74, 6) is -0.593. The minimum Gasteiger partial charge on any atom is -0.485 e. The highest BCUT2D eigenvalue weighted by Crippen LogP contribution is 2.36. The molecule has 5 heterocycles. The third-order valence-electron chi connectivity index (χ3n) is 7.74. The number of hydrogen-bond acceptors (Lipinski definition) is 8. The molecule has 2 aliphatic heterocycles. The number of anilines is 1. The number of methoxy groups -OCH3 is 2. The molecule has 1 saturated heterocycles. The Balaban J connectivity index is 1.32. The summed E-state index contributed by atoms with van der Waals surface area (Å²) >= 11 is 1.55. The molecular formula is C30H26N4O6S. The van der Waals surface area contributed by atoms with E-state index >= 15 is 0 Å². The zero-order valence-corrected chi connectivity index (χ0v) is 23.1. The summed E-state index contributed by atoms with van der Waals surface area (Å²) in [5.41, 5.74) is 3.91. The molecule has 0 bridgehead atoms.